The molecule has 0 saturated carbocycles. The highest BCUT2D eigenvalue weighted by atomic mass is 16.5. The second kappa shape index (κ2) is 6.36. The van der Waals surface area contributed by atoms with Crippen LogP contribution in [0.5, 0.6) is 5.88 Å². The van der Waals surface area contributed by atoms with Gasteiger partial charge < -0.3 is 9.64 Å². The molecule has 2 aromatic heterocycles. The Hall–Kier alpha value is -2.44. The van der Waals surface area contributed by atoms with Crippen LogP contribution in [0.2, 0.25) is 0 Å². The molecular formula is C16H21N5O2. The van der Waals surface area contributed by atoms with Gasteiger partial charge in [0.15, 0.2) is 0 Å². The minimum Gasteiger partial charge on any atom is -0.481 e. The molecule has 0 bridgehead atoms. The molecule has 23 heavy (non-hydrogen) atoms. The number of hydrogen-bond donors (Lipinski definition) is 0. The van der Waals surface area contributed by atoms with Crippen LogP contribution in [-0.4, -0.2) is 50.8 Å². The van der Waals surface area contributed by atoms with Gasteiger partial charge in [-0.05, 0) is 32.8 Å². The fraction of sp³-hybridized carbons (Fsp3) is 0.500. The van der Waals surface area contributed by atoms with Crippen LogP contribution in [0.3, 0.4) is 0 Å². The Kier molecular flexibility index (Phi) is 4.27. The summed E-state index contributed by atoms with van der Waals surface area (Å²) in [6.07, 6.45) is 3.53. The Labute approximate surface area is 135 Å². The SMILES string of the molecule is COc1ccc(C(=O)N2CCC[C@@H](n3nc(C)nc3C)C2)cn1. The molecule has 1 fully saturated rings. The number of amides is 1. The summed E-state index contributed by atoms with van der Waals surface area (Å²) in [5.41, 5.74) is 0.581. The van der Waals surface area contributed by atoms with Crippen molar-refractivity contribution >= 4 is 5.91 Å². The normalized spacial score (nSPS) is 18.0. The zero-order chi connectivity index (χ0) is 16.4. The number of methoxy groups -OCH3 is 1. The molecule has 1 aliphatic heterocycles. The largest absolute Gasteiger partial charge is 0.481 e. The van der Waals surface area contributed by atoms with Crippen LogP contribution in [0.4, 0.5) is 0 Å². The summed E-state index contributed by atoms with van der Waals surface area (Å²) in [7, 11) is 1.56. The topological polar surface area (TPSA) is 73.1 Å². The van der Waals surface area contributed by atoms with E-state index in [2.05, 4.69) is 15.1 Å². The molecular weight excluding hydrogens is 294 g/mol. The molecule has 1 saturated heterocycles. The standard InChI is InChI=1S/C16H21N5O2/c1-11-18-12(2)21(19-11)14-5-4-8-20(10-14)16(22)13-6-7-15(23-3)17-9-13/h6-7,9,14H,4-5,8,10H2,1-3H3/t14-/m1/s1. The summed E-state index contributed by atoms with van der Waals surface area (Å²) in [4.78, 5) is 23.0. The minimum atomic E-state index is -0.000608. The Bertz CT molecular complexity index is 695. The summed E-state index contributed by atoms with van der Waals surface area (Å²) < 4.78 is 6.98. The fourth-order valence-electron chi connectivity index (χ4n) is 3.03. The second-order valence-corrected chi connectivity index (χ2v) is 5.79. The van der Waals surface area contributed by atoms with Gasteiger partial charge in [0.25, 0.3) is 5.91 Å². The van der Waals surface area contributed by atoms with Crippen molar-refractivity contribution in [2.75, 3.05) is 20.2 Å². The van der Waals surface area contributed by atoms with E-state index in [1.807, 2.05) is 23.4 Å². The molecule has 1 atom stereocenters. The van der Waals surface area contributed by atoms with E-state index in [1.54, 1.807) is 25.4 Å². The highest BCUT2D eigenvalue weighted by Gasteiger charge is 2.27. The maximum Gasteiger partial charge on any atom is 0.255 e. The number of ether oxygens (including phenoxy) is 1. The van der Waals surface area contributed by atoms with Crippen LogP contribution in [0, 0.1) is 13.8 Å². The van der Waals surface area contributed by atoms with E-state index in [1.165, 1.54) is 0 Å². The molecule has 2 aromatic rings. The average Bonchev–Trinajstić information content (AvgIpc) is 2.93. The maximum absolute atomic E-state index is 12.7. The van der Waals surface area contributed by atoms with Crippen molar-refractivity contribution in [2.45, 2.75) is 32.7 Å². The third-order valence-electron chi connectivity index (χ3n) is 4.13. The Balaban J connectivity index is 1.74. The molecule has 7 nitrogen and oxygen atoms in total. The number of aryl methyl sites for hydroxylation is 2. The van der Waals surface area contributed by atoms with Crippen LogP contribution in [0.25, 0.3) is 0 Å². The van der Waals surface area contributed by atoms with Crippen molar-refractivity contribution in [3.05, 3.63) is 35.5 Å². The summed E-state index contributed by atoms with van der Waals surface area (Å²) in [5.74, 6) is 2.17. The van der Waals surface area contributed by atoms with Gasteiger partial charge in [0, 0.05) is 25.4 Å². The highest BCUT2D eigenvalue weighted by Crippen LogP contribution is 2.23. The number of carbonyl (C=O) groups excluding carboxylic acids is 1. The Morgan fingerprint density at radius 2 is 2.17 bits per heavy atom. The Morgan fingerprint density at radius 1 is 1.35 bits per heavy atom. The highest BCUT2D eigenvalue weighted by molar-refractivity contribution is 5.94. The number of piperidine rings is 1. The van der Waals surface area contributed by atoms with Gasteiger partial charge in [-0.3, -0.25) is 4.79 Å². The van der Waals surface area contributed by atoms with Crippen molar-refractivity contribution in [2.24, 2.45) is 0 Å². The lowest BCUT2D eigenvalue weighted by Gasteiger charge is -2.33. The monoisotopic (exact) mass is 315 g/mol. The van der Waals surface area contributed by atoms with Crippen molar-refractivity contribution in [1.29, 1.82) is 0 Å². The van der Waals surface area contributed by atoms with Gasteiger partial charge in [-0.15, -0.1) is 0 Å². The van der Waals surface area contributed by atoms with Gasteiger partial charge >= 0.3 is 0 Å². The first-order valence-electron chi connectivity index (χ1n) is 7.77. The predicted molar refractivity (Wildman–Crippen MR) is 84.5 cm³/mol. The molecule has 0 radical (unpaired) electrons. The quantitative estimate of drug-likeness (QED) is 0.863. The lowest BCUT2D eigenvalue weighted by molar-refractivity contribution is 0.0670. The van der Waals surface area contributed by atoms with E-state index in [0.717, 1.165) is 31.0 Å². The first kappa shape index (κ1) is 15.5. The summed E-state index contributed by atoms with van der Waals surface area (Å²) in [6.45, 7) is 5.25. The Morgan fingerprint density at radius 3 is 2.78 bits per heavy atom. The molecule has 7 heteroatoms. The number of hydrogen-bond acceptors (Lipinski definition) is 5. The van der Waals surface area contributed by atoms with Gasteiger partial charge in [-0.1, -0.05) is 0 Å². The molecule has 1 amide bonds. The number of likely N-dealkylation sites (tertiary alicyclic amines) is 1. The molecule has 0 N–H and O–H groups in total. The van der Waals surface area contributed by atoms with Crippen molar-refractivity contribution in [1.82, 2.24) is 24.6 Å². The number of carbonyl (C=O) groups is 1. The van der Waals surface area contributed by atoms with Crippen molar-refractivity contribution < 1.29 is 9.53 Å². The van der Waals surface area contributed by atoms with Gasteiger partial charge in [-0.2, -0.15) is 5.10 Å². The first-order valence-corrected chi connectivity index (χ1v) is 7.77. The average molecular weight is 315 g/mol. The number of rotatable bonds is 3. The molecule has 122 valence electrons. The molecule has 3 rings (SSSR count). The van der Waals surface area contributed by atoms with Gasteiger partial charge in [0.2, 0.25) is 5.88 Å². The van der Waals surface area contributed by atoms with E-state index < -0.39 is 0 Å². The van der Waals surface area contributed by atoms with Gasteiger partial charge in [-0.25, -0.2) is 14.6 Å². The third-order valence-corrected chi connectivity index (χ3v) is 4.13. The first-order chi connectivity index (χ1) is 11.1. The van der Waals surface area contributed by atoms with Gasteiger partial charge in [0.1, 0.15) is 11.6 Å². The van der Waals surface area contributed by atoms with E-state index in [9.17, 15) is 4.79 Å². The van der Waals surface area contributed by atoms with Crippen LogP contribution in [0.15, 0.2) is 18.3 Å². The summed E-state index contributed by atoms with van der Waals surface area (Å²) >= 11 is 0. The van der Waals surface area contributed by atoms with E-state index >= 15 is 0 Å². The number of aromatic nitrogens is 4. The molecule has 0 spiro atoms. The fourth-order valence-corrected chi connectivity index (χ4v) is 3.03. The lowest BCUT2D eigenvalue weighted by atomic mass is 10.0. The summed E-state index contributed by atoms with van der Waals surface area (Å²) in [5, 5.41) is 4.46. The van der Waals surface area contributed by atoms with Crippen LogP contribution in [0.1, 0.15) is 40.9 Å². The third kappa shape index (κ3) is 3.18. The number of nitrogens with zero attached hydrogens (tertiary/aromatic N) is 5. The molecule has 0 aromatic carbocycles. The molecule has 0 aliphatic carbocycles. The van der Waals surface area contributed by atoms with Crippen molar-refractivity contribution in [3.8, 4) is 5.88 Å². The van der Waals surface area contributed by atoms with E-state index in [0.29, 0.717) is 18.0 Å². The van der Waals surface area contributed by atoms with Crippen LogP contribution >= 0.6 is 0 Å². The molecule has 0 unspecified atom stereocenters. The maximum atomic E-state index is 12.7. The van der Waals surface area contributed by atoms with E-state index in [-0.39, 0.29) is 11.9 Å². The lowest BCUT2D eigenvalue weighted by Crippen LogP contribution is -2.41. The van der Waals surface area contributed by atoms with Crippen molar-refractivity contribution in [3.63, 3.8) is 0 Å². The second-order valence-electron chi connectivity index (χ2n) is 5.79. The van der Waals surface area contributed by atoms with Crippen LogP contribution in [-0.2, 0) is 0 Å². The minimum absolute atomic E-state index is 0.000608. The summed E-state index contributed by atoms with van der Waals surface area (Å²) in [6, 6.07) is 3.64. The molecule has 1 aliphatic rings. The van der Waals surface area contributed by atoms with Gasteiger partial charge in [0.05, 0.1) is 18.7 Å². The van der Waals surface area contributed by atoms with E-state index in [4.69, 9.17) is 4.74 Å². The zero-order valence-corrected chi connectivity index (χ0v) is 13.7. The van der Waals surface area contributed by atoms with Crippen LogP contribution < -0.4 is 4.74 Å². The smallest absolute Gasteiger partial charge is 0.255 e. The zero-order valence-electron chi connectivity index (χ0n) is 13.7. The number of pyridine rings is 1. The predicted octanol–water partition coefficient (Wildman–Crippen LogP) is 1.78. The molecule has 3 heterocycles.